The maximum Gasteiger partial charge on any atom is 0.276 e. The Morgan fingerprint density at radius 1 is 1.38 bits per heavy atom. The van der Waals surface area contributed by atoms with Crippen LogP contribution in [0.5, 0.6) is 0 Å². The van der Waals surface area contributed by atoms with Crippen LogP contribution in [0.4, 0.5) is 0 Å². The Kier molecular flexibility index (Phi) is 4.26. The average molecular weight is 293 g/mol. The third-order valence-electron chi connectivity index (χ3n) is 4.54. The topological polar surface area (TPSA) is 58.8 Å². The van der Waals surface area contributed by atoms with Crippen LogP contribution in [0.3, 0.4) is 0 Å². The van der Waals surface area contributed by atoms with Crippen LogP contribution in [0.1, 0.15) is 30.1 Å². The minimum atomic E-state index is 0.00297. The largest absolute Gasteiger partial charge is 0.448 e. The molecule has 0 unspecified atom stereocenters. The molecular formula is C15H23N3O3. The standard InChI is InChI=1S/C15H23N3O3/c1-3-13-14(16-10-21-13)15(19)18-8-11(2)12(9-18)17-4-6-20-7-5-17/h10-12H,3-9H2,1-2H3/t11-,12-/m1/s1. The van der Waals surface area contributed by atoms with Gasteiger partial charge in [-0.3, -0.25) is 9.69 Å². The first kappa shape index (κ1) is 14.5. The van der Waals surface area contributed by atoms with Gasteiger partial charge in [-0.1, -0.05) is 13.8 Å². The zero-order valence-corrected chi connectivity index (χ0v) is 12.7. The average Bonchev–Trinajstić information content (AvgIpc) is 3.13. The number of nitrogens with zero attached hydrogens (tertiary/aromatic N) is 3. The van der Waals surface area contributed by atoms with Gasteiger partial charge in [-0.25, -0.2) is 4.98 Å². The number of carbonyl (C=O) groups excluding carboxylic acids is 1. The lowest BCUT2D eigenvalue weighted by atomic mass is 10.0. The number of oxazole rings is 1. The number of likely N-dealkylation sites (tertiary alicyclic amines) is 1. The number of aryl methyl sites for hydroxylation is 1. The highest BCUT2D eigenvalue weighted by molar-refractivity contribution is 5.93. The van der Waals surface area contributed by atoms with Gasteiger partial charge in [0, 0.05) is 38.6 Å². The van der Waals surface area contributed by atoms with E-state index in [1.54, 1.807) is 0 Å². The maximum absolute atomic E-state index is 12.6. The molecule has 0 aromatic carbocycles. The number of rotatable bonds is 3. The molecule has 2 aliphatic rings. The van der Waals surface area contributed by atoms with E-state index in [0.717, 1.165) is 39.4 Å². The van der Waals surface area contributed by atoms with Gasteiger partial charge in [-0.05, 0) is 5.92 Å². The molecule has 1 aromatic rings. The van der Waals surface area contributed by atoms with E-state index in [9.17, 15) is 4.79 Å². The van der Waals surface area contributed by atoms with E-state index >= 15 is 0 Å². The second kappa shape index (κ2) is 6.15. The zero-order chi connectivity index (χ0) is 14.8. The van der Waals surface area contributed by atoms with E-state index < -0.39 is 0 Å². The minimum Gasteiger partial charge on any atom is -0.448 e. The third-order valence-corrected chi connectivity index (χ3v) is 4.54. The van der Waals surface area contributed by atoms with Gasteiger partial charge in [0.2, 0.25) is 0 Å². The van der Waals surface area contributed by atoms with Crippen molar-refractivity contribution in [3.63, 3.8) is 0 Å². The number of amides is 1. The van der Waals surface area contributed by atoms with Crippen LogP contribution < -0.4 is 0 Å². The maximum atomic E-state index is 12.6. The number of ether oxygens (including phenoxy) is 1. The summed E-state index contributed by atoms with van der Waals surface area (Å²) in [6.45, 7) is 9.26. The van der Waals surface area contributed by atoms with Crippen LogP contribution in [-0.2, 0) is 11.2 Å². The summed E-state index contributed by atoms with van der Waals surface area (Å²) in [5.41, 5.74) is 0.479. The van der Waals surface area contributed by atoms with Gasteiger partial charge in [0.05, 0.1) is 13.2 Å². The molecule has 0 N–H and O–H groups in total. The van der Waals surface area contributed by atoms with Crippen LogP contribution in [0.25, 0.3) is 0 Å². The Hall–Kier alpha value is -1.40. The zero-order valence-electron chi connectivity index (χ0n) is 12.7. The van der Waals surface area contributed by atoms with Crippen molar-refractivity contribution < 1.29 is 13.9 Å². The molecular weight excluding hydrogens is 270 g/mol. The van der Waals surface area contributed by atoms with E-state index in [1.807, 2.05) is 11.8 Å². The fourth-order valence-electron chi connectivity index (χ4n) is 3.35. The predicted molar refractivity (Wildman–Crippen MR) is 77.1 cm³/mol. The molecule has 21 heavy (non-hydrogen) atoms. The molecule has 0 aliphatic carbocycles. The predicted octanol–water partition coefficient (Wildman–Crippen LogP) is 1.03. The lowest BCUT2D eigenvalue weighted by Gasteiger charge is -2.33. The molecule has 116 valence electrons. The summed E-state index contributed by atoms with van der Waals surface area (Å²) in [4.78, 5) is 21.1. The summed E-state index contributed by atoms with van der Waals surface area (Å²) >= 11 is 0. The molecule has 0 bridgehead atoms. The Morgan fingerprint density at radius 2 is 2.14 bits per heavy atom. The Morgan fingerprint density at radius 3 is 2.86 bits per heavy atom. The number of carbonyl (C=O) groups is 1. The number of aromatic nitrogens is 1. The van der Waals surface area contributed by atoms with Crippen molar-refractivity contribution in [2.45, 2.75) is 26.3 Å². The van der Waals surface area contributed by atoms with Crippen molar-refractivity contribution in [1.82, 2.24) is 14.8 Å². The van der Waals surface area contributed by atoms with Gasteiger partial charge in [-0.15, -0.1) is 0 Å². The molecule has 2 atom stereocenters. The quantitative estimate of drug-likeness (QED) is 0.833. The van der Waals surface area contributed by atoms with Gasteiger partial charge < -0.3 is 14.1 Å². The first-order chi connectivity index (χ1) is 10.2. The van der Waals surface area contributed by atoms with E-state index in [0.29, 0.717) is 29.8 Å². The van der Waals surface area contributed by atoms with Gasteiger partial charge in [0.15, 0.2) is 12.1 Å². The van der Waals surface area contributed by atoms with Crippen molar-refractivity contribution in [3.8, 4) is 0 Å². The van der Waals surface area contributed by atoms with Crippen molar-refractivity contribution in [2.75, 3.05) is 39.4 Å². The van der Waals surface area contributed by atoms with Crippen LogP contribution >= 0.6 is 0 Å². The van der Waals surface area contributed by atoms with Crippen molar-refractivity contribution in [2.24, 2.45) is 5.92 Å². The number of morpholine rings is 1. The van der Waals surface area contributed by atoms with Gasteiger partial charge >= 0.3 is 0 Å². The molecule has 3 rings (SSSR count). The monoisotopic (exact) mass is 293 g/mol. The van der Waals surface area contributed by atoms with Gasteiger partial charge in [0.1, 0.15) is 5.76 Å². The summed E-state index contributed by atoms with van der Waals surface area (Å²) < 4.78 is 10.7. The second-order valence-electron chi connectivity index (χ2n) is 5.88. The lowest BCUT2D eigenvalue weighted by Crippen LogP contribution is -2.47. The molecule has 0 radical (unpaired) electrons. The van der Waals surface area contributed by atoms with Crippen LogP contribution in [0.2, 0.25) is 0 Å². The summed E-state index contributed by atoms with van der Waals surface area (Å²) in [6.07, 6.45) is 2.06. The molecule has 1 aromatic heterocycles. The Balaban J connectivity index is 1.69. The number of hydrogen-bond acceptors (Lipinski definition) is 5. The normalized spacial score (nSPS) is 27.2. The fourth-order valence-corrected chi connectivity index (χ4v) is 3.35. The van der Waals surface area contributed by atoms with Crippen LogP contribution in [-0.4, -0.2) is 66.1 Å². The van der Waals surface area contributed by atoms with Crippen LogP contribution in [0, 0.1) is 5.92 Å². The SMILES string of the molecule is CCc1ocnc1C(=O)N1C[C@@H](C)[C@H](N2CCOCC2)C1. The Bertz CT molecular complexity index is 496. The summed E-state index contributed by atoms with van der Waals surface area (Å²) in [5.74, 6) is 1.16. The molecule has 2 fully saturated rings. The smallest absolute Gasteiger partial charge is 0.276 e. The molecule has 3 heterocycles. The molecule has 6 nitrogen and oxygen atoms in total. The molecule has 0 saturated carbocycles. The summed E-state index contributed by atoms with van der Waals surface area (Å²) in [7, 11) is 0. The lowest BCUT2D eigenvalue weighted by molar-refractivity contribution is 0.0119. The van der Waals surface area contributed by atoms with Crippen molar-refractivity contribution >= 4 is 5.91 Å². The summed E-state index contributed by atoms with van der Waals surface area (Å²) in [6, 6.07) is 0.426. The van der Waals surface area contributed by atoms with Gasteiger partial charge in [0.25, 0.3) is 5.91 Å². The van der Waals surface area contributed by atoms with Crippen molar-refractivity contribution in [3.05, 3.63) is 17.8 Å². The molecule has 2 saturated heterocycles. The van der Waals surface area contributed by atoms with Gasteiger partial charge in [-0.2, -0.15) is 0 Å². The fraction of sp³-hybridized carbons (Fsp3) is 0.733. The van der Waals surface area contributed by atoms with E-state index in [1.165, 1.54) is 6.39 Å². The minimum absolute atomic E-state index is 0.00297. The molecule has 2 aliphatic heterocycles. The second-order valence-corrected chi connectivity index (χ2v) is 5.88. The highest BCUT2D eigenvalue weighted by atomic mass is 16.5. The van der Waals surface area contributed by atoms with E-state index in [-0.39, 0.29) is 5.91 Å². The first-order valence-electron chi connectivity index (χ1n) is 7.74. The first-order valence-corrected chi connectivity index (χ1v) is 7.74. The van der Waals surface area contributed by atoms with E-state index in [2.05, 4.69) is 16.8 Å². The van der Waals surface area contributed by atoms with Crippen molar-refractivity contribution in [1.29, 1.82) is 0 Å². The molecule has 1 amide bonds. The molecule has 6 heteroatoms. The third kappa shape index (κ3) is 2.82. The van der Waals surface area contributed by atoms with Crippen LogP contribution in [0.15, 0.2) is 10.8 Å². The summed E-state index contributed by atoms with van der Waals surface area (Å²) in [5, 5.41) is 0. The van der Waals surface area contributed by atoms with E-state index in [4.69, 9.17) is 9.15 Å². The number of hydrogen-bond donors (Lipinski definition) is 0. The molecule has 0 spiro atoms. The Labute approximate surface area is 125 Å². The highest BCUT2D eigenvalue weighted by Crippen LogP contribution is 2.24. The highest BCUT2D eigenvalue weighted by Gasteiger charge is 2.37.